The van der Waals surface area contributed by atoms with Crippen LogP contribution in [0.4, 0.5) is 4.39 Å². The monoisotopic (exact) mass is 387 g/mol. The molecule has 1 unspecified atom stereocenters. The molecule has 0 amide bonds. The number of hydrogen-bond donors (Lipinski definition) is 1. The van der Waals surface area contributed by atoms with Gasteiger partial charge in [0, 0.05) is 10.0 Å². The molecule has 0 saturated carbocycles. The normalized spacial score (nSPS) is 19.0. The molecule has 0 spiro atoms. The highest BCUT2D eigenvalue weighted by atomic mass is 79.9. The molecule has 1 aromatic rings. The average molecular weight is 388 g/mol. The first kappa shape index (κ1) is 17.7. The van der Waals surface area contributed by atoms with Gasteiger partial charge in [0.15, 0.2) is 8.32 Å². The summed E-state index contributed by atoms with van der Waals surface area (Å²) in [6, 6.07) is 4.97. The van der Waals surface area contributed by atoms with E-state index in [1.807, 2.05) is 6.08 Å². The zero-order valence-corrected chi connectivity index (χ0v) is 16.3. The van der Waals surface area contributed by atoms with Crippen molar-refractivity contribution in [3.05, 3.63) is 40.1 Å². The lowest BCUT2D eigenvalue weighted by Crippen LogP contribution is -2.42. The smallest absolute Gasteiger partial charge is 0.192 e. The summed E-state index contributed by atoms with van der Waals surface area (Å²) in [5.41, 5.74) is 3.94. The van der Waals surface area contributed by atoms with Crippen LogP contribution in [0.1, 0.15) is 26.3 Å². The summed E-state index contributed by atoms with van der Waals surface area (Å²) < 4.78 is 20.8. The first-order valence-electron chi connectivity index (χ1n) is 7.33. The van der Waals surface area contributed by atoms with Crippen molar-refractivity contribution in [2.75, 3.05) is 6.61 Å². The van der Waals surface area contributed by atoms with Crippen molar-refractivity contribution in [2.45, 2.75) is 45.0 Å². The zero-order valence-electron chi connectivity index (χ0n) is 13.7. The topological polar surface area (TPSA) is 30.5 Å². The quantitative estimate of drug-likeness (QED) is 0.748. The molecule has 1 heterocycles. The molecule has 1 atom stereocenters. The fraction of sp³-hybridized carbons (Fsp3) is 0.500. The Bertz CT molecular complexity index is 584. The molecule has 2 rings (SSSR count). The van der Waals surface area contributed by atoms with Crippen LogP contribution in [0.5, 0.6) is 0 Å². The van der Waals surface area contributed by atoms with Crippen molar-refractivity contribution in [1.82, 2.24) is 5.48 Å². The third-order valence-corrected chi connectivity index (χ3v) is 9.30. The highest BCUT2D eigenvalue weighted by Gasteiger charge is 2.38. The largest absolute Gasteiger partial charge is 0.414 e. The number of halogens is 2. The van der Waals surface area contributed by atoms with Crippen LogP contribution in [0.25, 0.3) is 5.70 Å². The highest BCUT2D eigenvalue weighted by Crippen LogP contribution is 2.37. The zero-order chi connectivity index (χ0) is 16.5. The fourth-order valence-corrected chi connectivity index (χ4v) is 3.18. The van der Waals surface area contributed by atoms with E-state index >= 15 is 0 Å². The van der Waals surface area contributed by atoms with E-state index in [-0.39, 0.29) is 17.0 Å². The van der Waals surface area contributed by atoms with E-state index in [0.29, 0.717) is 22.3 Å². The number of rotatable bonds is 4. The van der Waals surface area contributed by atoms with E-state index in [1.54, 1.807) is 12.1 Å². The first-order chi connectivity index (χ1) is 10.1. The molecular formula is C16H23BrFNO2Si. The summed E-state index contributed by atoms with van der Waals surface area (Å²) >= 11 is 3.26. The van der Waals surface area contributed by atoms with Crippen LogP contribution < -0.4 is 5.48 Å². The maximum Gasteiger partial charge on any atom is 0.192 e. The van der Waals surface area contributed by atoms with Crippen LogP contribution in [-0.4, -0.2) is 21.0 Å². The Hall–Kier alpha value is -0.693. The van der Waals surface area contributed by atoms with Crippen molar-refractivity contribution in [3.63, 3.8) is 0 Å². The Kier molecular flexibility index (Phi) is 5.16. The SMILES string of the molecule is CC(C)(C)[Si](C)(C)OCC1C=C(c2ccc(Br)cc2F)NO1. The second-order valence-electron chi connectivity index (χ2n) is 7.03. The Morgan fingerprint density at radius 2 is 2.05 bits per heavy atom. The van der Waals surface area contributed by atoms with Gasteiger partial charge in [0.05, 0.1) is 12.3 Å². The van der Waals surface area contributed by atoms with Crippen LogP contribution in [0.3, 0.4) is 0 Å². The van der Waals surface area contributed by atoms with Gasteiger partial charge in [0.2, 0.25) is 0 Å². The maximum atomic E-state index is 14.0. The first-order valence-corrected chi connectivity index (χ1v) is 11.0. The minimum absolute atomic E-state index is 0.156. The van der Waals surface area contributed by atoms with Crippen LogP contribution in [0.2, 0.25) is 18.1 Å². The molecular weight excluding hydrogens is 365 g/mol. The van der Waals surface area contributed by atoms with Gasteiger partial charge in [0.25, 0.3) is 0 Å². The number of nitrogens with one attached hydrogen (secondary N) is 1. The Labute approximate surface area is 141 Å². The lowest BCUT2D eigenvalue weighted by atomic mass is 10.1. The van der Waals surface area contributed by atoms with Crippen LogP contribution in [0, 0.1) is 5.82 Å². The molecule has 0 aromatic heterocycles. The van der Waals surface area contributed by atoms with Crippen molar-refractivity contribution < 1.29 is 13.7 Å². The van der Waals surface area contributed by atoms with Gasteiger partial charge in [-0.15, -0.1) is 0 Å². The average Bonchev–Trinajstić information content (AvgIpc) is 2.83. The highest BCUT2D eigenvalue weighted by molar-refractivity contribution is 9.10. The summed E-state index contributed by atoms with van der Waals surface area (Å²) in [5.74, 6) is -0.289. The number of hydroxylamine groups is 1. The molecule has 0 radical (unpaired) electrons. The molecule has 0 saturated heterocycles. The molecule has 1 aliphatic heterocycles. The van der Waals surface area contributed by atoms with E-state index in [9.17, 15) is 4.39 Å². The minimum Gasteiger partial charge on any atom is -0.414 e. The van der Waals surface area contributed by atoms with Crippen LogP contribution in [-0.2, 0) is 9.26 Å². The summed E-state index contributed by atoms with van der Waals surface area (Å²) in [6.07, 6.45) is 1.67. The van der Waals surface area contributed by atoms with Gasteiger partial charge in [0.1, 0.15) is 11.9 Å². The van der Waals surface area contributed by atoms with Gasteiger partial charge in [-0.05, 0) is 42.4 Å². The van der Waals surface area contributed by atoms with E-state index in [1.165, 1.54) is 6.07 Å². The molecule has 1 N–H and O–H groups in total. The van der Waals surface area contributed by atoms with Gasteiger partial charge in [-0.1, -0.05) is 36.7 Å². The van der Waals surface area contributed by atoms with Gasteiger partial charge in [-0.3, -0.25) is 10.3 Å². The Balaban J connectivity index is 2.04. The second-order valence-corrected chi connectivity index (χ2v) is 12.8. The lowest BCUT2D eigenvalue weighted by Gasteiger charge is -2.36. The van der Waals surface area contributed by atoms with E-state index in [0.717, 1.165) is 0 Å². The standard InChI is InChI=1S/C16H23BrFNO2Si/c1-16(2,3)22(4,5)20-10-12-9-15(19-21-12)13-7-6-11(17)8-14(13)18/h6-9,12,19H,10H2,1-5H3. The molecule has 122 valence electrons. The Morgan fingerprint density at radius 3 is 2.64 bits per heavy atom. The molecule has 3 nitrogen and oxygen atoms in total. The Morgan fingerprint density at radius 1 is 1.36 bits per heavy atom. The van der Waals surface area contributed by atoms with Crippen LogP contribution in [0.15, 0.2) is 28.7 Å². The van der Waals surface area contributed by atoms with Gasteiger partial charge in [-0.25, -0.2) is 4.39 Å². The van der Waals surface area contributed by atoms with Crippen molar-refractivity contribution in [3.8, 4) is 0 Å². The molecule has 0 fully saturated rings. The lowest BCUT2D eigenvalue weighted by molar-refractivity contribution is 0.0202. The summed E-state index contributed by atoms with van der Waals surface area (Å²) in [6.45, 7) is 11.5. The predicted octanol–water partition coefficient (Wildman–Crippen LogP) is 4.85. The summed E-state index contributed by atoms with van der Waals surface area (Å²) in [4.78, 5) is 5.49. The summed E-state index contributed by atoms with van der Waals surface area (Å²) in [7, 11) is -1.81. The van der Waals surface area contributed by atoms with Gasteiger partial charge < -0.3 is 4.43 Å². The van der Waals surface area contributed by atoms with Crippen molar-refractivity contribution in [2.24, 2.45) is 0 Å². The van der Waals surface area contributed by atoms with Gasteiger partial charge >= 0.3 is 0 Å². The molecule has 0 aliphatic carbocycles. The molecule has 1 aliphatic rings. The van der Waals surface area contributed by atoms with E-state index < -0.39 is 8.32 Å². The van der Waals surface area contributed by atoms with Crippen LogP contribution >= 0.6 is 15.9 Å². The van der Waals surface area contributed by atoms with Crippen molar-refractivity contribution >= 4 is 29.9 Å². The minimum atomic E-state index is -1.81. The predicted molar refractivity (Wildman–Crippen MR) is 93.2 cm³/mol. The molecule has 22 heavy (non-hydrogen) atoms. The van der Waals surface area contributed by atoms with E-state index in [4.69, 9.17) is 9.26 Å². The van der Waals surface area contributed by atoms with E-state index in [2.05, 4.69) is 55.3 Å². The molecule has 6 heteroatoms. The third-order valence-electron chi connectivity index (χ3n) is 4.31. The van der Waals surface area contributed by atoms with Gasteiger partial charge in [-0.2, -0.15) is 0 Å². The second kappa shape index (κ2) is 6.43. The maximum absolute atomic E-state index is 14.0. The van der Waals surface area contributed by atoms with Crippen molar-refractivity contribution in [1.29, 1.82) is 0 Å². The summed E-state index contributed by atoms with van der Waals surface area (Å²) in [5, 5.41) is 0.156. The number of benzene rings is 1. The third kappa shape index (κ3) is 3.98. The number of hydrogen-bond acceptors (Lipinski definition) is 3. The fourth-order valence-electron chi connectivity index (χ4n) is 1.83. The molecule has 1 aromatic carbocycles. The molecule has 0 bridgehead atoms.